The molecule has 150 valence electrons. The smallest absolute Gasteiger partial charge is 0.258 e. The highest BCUT2D eigenvalue weighted by Crippen LogP contribution is 2.25. The Morgan fingerprint density at radius 2 is 2.00 bits per heavy atom. The van der Waals surface area contributed by atoms with Crippen LogP contribution < -0.4 is 10.1 Å². The number of benzene rings is 2. The minimum atomic E-state index is -0.348. The van der Waals surface area contributed by atoms with Gasteiger partial charge >= 0.3 is 0 Å². The van der Waals surface area contributed by atoms with E-state index in [0.717, 1.165) is 17.7 Å². The van der Waals surface area contributed by atoms with Crippen LogP contribution in [0.5, 0.6) is 5.75 Å². The standard InChI is InChI=1S/C22H22FN3O3/c23-18-6-8-19(9-7-18)29-15-21(27)24-12-20-22-17(10-11-28-20)14-26(25-22)13-16-4-2-1-3-5-16/h1-9,14,20H,10-13,15H2,(H,24,27)/t20-/m0/s1. The number of nitrogens with zero attached hydrogens (tertiary/aromatic N) is 2. The fourth-order valence-corrected chi connectivity index (χ4v) is 3.28. The number of amides is 1. The Labute approximate surface area is 168 Å². The third kappa shape index (κ3) is 5.00. The Morgan fingerprint density at radius 1 is 1.21 bits per heavy atom. The van der Waals surface area contributed by atoms with E-state index < -0.39 is 0 Å². The van der Waals surface area contributed by atoms with E-state index in [1.807, 2.05) is 22.9 Å². The molecule has 0 saturated heterocycles. The molecule has 1 aromatic heterocycles. The monoisotopic (exact) mass is 395 g/mol. The van der Waals surface area contributed by atoms with Crippen LogP contribution in [0.4, 0.5) is 4.39 Å². The lowest BCUT2D eigenvalue weighted by Gasteiger charge is -2.22. The predicted octanol–water partition coefficient (Wildman–Crippen LogP) is 2.88. The number of aromatic nitrogens is 2. The molecule has 1 N–H and O–H groups in total. The van der Waals surface area contributed by atoms with Gasteiger partial charge in [0.2, 0.25) is 0 Å². The number of carbonyl (C=O) groups excluding carboxylic acids is 1. The zero-order valence-electron chi connectivity index (χ0n) is 15.9. The highest BCUT2D eigenvalue weighted by atomic mass is 19.1. The molecule has 7 heteroatoms. The second kappa shape index (κ2) is 8.87. The van der Waals surface area contributed by atoms with Crippen LogP contribution in [0.15, 0.2) is 60.8 Å². The number of fused-ring (bicyclic) bond motifs is 1. The summed E-state index contributed by atoms with van der Waals surface area (Å²) in [6.07, 6.45) is 2.57. The Balaban J connectivity index is 1.32. The molecule has 0 spiro atoms. The molecule has 29 heavy (non-hydrogen) atoms. The lowest BCUT2D eigenvalue weighted by molar-refractivity contribution is -0.123. The van der Waals surface area contributed by atoms with Gasteiger partial charge in [-0.15, -0.1) is 0 Å². The number of rotatable bonds is 7. The molecule has 0 bridgehead atoms. The Hall–Kier alpha value is -3.19. The van der Waals surface area contributed by atoms with Crippen molar-refractivity contribution in [1.82, 2.24) is 15.1 Å². The Bertz CT molecular complexity index is 957. The normalized spacial score (nSPS) is 15.6. The Morgan fingerprint density at radius 3 is 2.79 bits per heavy atom. The van der Waals surface area contributed by atoms with Crippen molar-refractivity contribution in [3.63, 3.8) is 0 Å². The van der Waals surface area contributed by atoms with E-state index in [0.29, 0.717) is 25.4 Å². The topological polar surface area (TPSA) is 65.4 Å². The van der Waals surface area contributed by atoms with Gasteiger partial charge in [-0.3, -0.25) is 9.48 Å². The second-order valence-electron chi connectivity index (χ2n) is 6.88. The molecule has 1 amide bonds. The quantitative estimate of drug-likeness (QED) is 0.668. The average molecular weight is 395 g/mol. The lowest BCUT2D eigenvalue weighted by Crippen LogP contribution is -2.34. The van der Waals surface area contributed by atoms with Crippen molar-refractivity contribution in [2.45, 2.75) is 19.1 Å². The number of ether oxygens (including phenoxy) is 2. The second-order valence-corrected chi connectivity index (χ2v) is 6.88. The molecule has 1 aliphatic rings. The molecule has 4 rings (SSSR count). The van der Waals surface area contributed by atoms with Crippen molar-refractivity contribution in [3.8, 4) is 5.75 Å². The van der Waals surface area contributed by atoms with Crippen LogP contribution >= 0.6 is 0 Å². The van der Waals surface area contributed by atoms with Crippen molar-refractivity contribution in [3.05, 3.63) is 83.4 Å². The van der Waals surface area contributed by atoms with Crippen molar-refractivity contribution in [2.24, 2.45) is 0 Å². The zero-order chi connectivity index (χ0) is 20.1. The number of hydrogen-bond donors (Lipinski definition) is 1. The number of carbonyl (C=O) groups is 1. The summed E-state index contributed by atoms with van der Waals surface area (Å²) in [6.45, 7) is 1.46. The summed E-state index contributed by atoms with van der Waals surface area (Å²) < 4.78 is 26.0. The molecule has 1 atom stereocenters. The average Bonchev–Trinajstić information content (AvgIpc) is 3.15. The van der Waals surface area contributed by atoms with Crippen molar-refractivity contribution >= 4 is 5.91 Å². The minimum absolute atomic E-state index is 0.145. The third-order valence-corrected chi connectivity index (χ3v) is 4.72. The zero-order valence-corrected chi connectivity index (χ0v) is 15.9. The first-order valence-corrected chi connectivity index (χ1v) is 9.54. The molecule has 3 aromatic rings. The summed E-state index contributed by atoms with van der Waals surface area (Å²) in [6, 6.07) is 15.7. The largest absolute Gasteiger partial charge is 0.484 e. The first kappa shape index (κ1) is 19.1. The molecule has 0 saturated carbocycles. The summed E-state index contributed by atoms with van der Waals surface area (Å²) >= 11 is 0. The molecule has 2 heterocycles. The van der Waals surface area contributed by atoms with Gasteiger partial charge in [0.1, 0.15) is 17.7 Å². The maximum absolute atomic E-state index is 12.9. The van der Waals surface area contributed by atoms with Crippen LogP contribution in [0.1, 0.15) is 22.9 Å². The van der Waals surface area contributed by atoms with Crippen molar-refractivity contribution in [1.29, 1.82) is 0 Å². The molecule has 2 aromatic carbocycles. The summed E-state index contributed by atoms with van der Waals surface area (Å²) in [5, 5.41) is 7.50. The van der Waals surface area contributed by atoms with Gasteiger partial charge in [-0.25, -0.2) is 4.39 Å². The SMILES string of the molecule is O=C(COc1ccc(F)cc1)NC[C@@H]1OCCc2cn(Cc3ccccc3)nc21. The summed E-state index contributed by atoms with van der Waals surface area (Å²) in [7, 11) is 0. The van der Waals surface area contributed by atoms with Crippen LogP contribution in [0.3, 0.4) is 0 Å². The molecule has 0 unspecified atom stereocenters. The highest BCUT2D eigenvalue weighted by molar-refractivity contribution is 5.77. The summed E-state index contributed by atoms with van der Waals surface area (Å²) in [5.74, 6) is -0.176. The third-order valence-electron chi connectivity index (χ3n) is 4.72. The molecular formula is C22H22FN3O3. The minimum Gasteiger partial charge on any atom is -0.484 e. The van der Waals surface area contributed by atoms with Crippen LogP contribution in [-0.4, -0.2) is 35.4 Å². The lowest BCUT2D eigenvalue weighted by atomic mass is 10.1. The molecule has 0 fully saturated rings. The molecular weight excluding hydrogens is 373 g/mol. The van der Waals surface area contributed by atoms with E-state index in [1.54, 1.807) is 0 Å². The predicted molar refractivity (Wildman–Crippen MR) is 105 cm³/mol. The van der Waals surface area contributed by atoms with E-state index in [-0.39, 0.29) is 24.4 Å². The first-order chi connectivity index (χ1) is 14.2. The summed E-state index contributed by atoms with van der Waals surface area (Å²) in [5.41, 5.74) is 3.19. The van der Waals surface area contributed by atoms with E-state index in [9.17, 15) is 9.18 Å². The molecule has 0 radical (unpaired) electrons. The van der Waals surface area contributed by atoms with Gasteiger partial charge < -0.3 is 14.8 Å². The van der Waals surface area contributed by atoms with Crippen LogP contribution in [0.25, 0.3) is 0 Å². The van der Waals surface area contributed by atoms with E-state index in [1.165, 1.54) is 29.8 Å². The fraction of sp³-hybridized carbons (Fsp3) is 0.273. The van der Waals surface area contributed by atoms with E-state index in [2.05, 4.69) is 28.7 Å². The maximum Gasteiger partial charge on any atom is 0.258 e. The fourth-order valence-electron chi connectivity index (χ4n) is 3.28. The van der Waals surface area contributed by atoms with Gasteiger partial charge in [0.25, 0.3) is 5.91 Å². The number of hydrogen-bond acceptors (Lipinski definition) is 4. The number of halogens is 1. The van der Waals surface area contributed by atoms with Gasteiger partial charge in [0.15, 0.2) is 6.61 Å². The molecule has 6 nitrogen and oxygen atoms in total. The maximum atomic E-state index is 12.9. The van der Waals surface area contributed by atoms with Crippen molar-refractivity contribution < 1.29 is 18.7 Å². The van der Waals surface area contributed by atoms with E-state index >= 15 is 0 Å². The molecule has 0 aliphatic carbocycles. The Kier molecular flexibility index (Phi) is 5.86. The van der Waals surface area contributed by atoms with Gasteiger partial charge in [-0.1, -0.05) is 30.3 Å². The van der Waals surface area contributed by atoms with Gasteiger partial charge in [0.05, 0.1) is 18.8 Å². The number of nitrogens with one attached hydrogen (secondary N) is 1. The highest BCUT2D eigenvalue weighted by Gasteiger charge is 2.25. The summed E-state index contributed by atoms with van der Waals surface area (Å²) in [4.78, 5) is 12.1. The molecule has 1 aliphatic heterocycles. The van der Waals surface area contributed by atoms with Crippen LogP contribution in [-0.2, 0) is 22.5 Å². The van der Waals surface area contributed by atoms with E-state index in [4.69, 9.17) is 9.47 Å². The first-order valence-electron chi connectivity index (χ1n) is 9.54. The van der Waals surface area contributed by atoms with Gasteiger partial charge in [0, 0.05) is 12.7 Å². The van der Waals surface area contributed by atoms with Crippen LogP contribution in [0.2, 0.25) is 0 Å². The van der Waals surface area contributed by atoms with Gasteiger partial charge in [-0.2, -0.15) is 5.10 Å². The van der Waals surface area contributed by atoms with Crippen molar-refractivity contribution in [2.75, 3.05) is 19.8 Å². The van der Waals surface area contributed by atoms with Gasteiger partial charge in [-0.05, 0) is 41.8 Å². The van der Waals surface area contributed by atoms with Crippen LogP contribution in [0, 0.1) is 5.82 Å².